The highest BCUT2D eigenvalue weighted by molar-refractivity contribution is 7.18. The van der Waals surface area contributed by atoms with E-state index in [9.17, 15) is 18.0 Å². The van der Waals surface area contributed by atoms with Crippen LogP contribution in [0.2, 0.25) is 0 Å². The molecule has 3 aliphatic rings. The maximum absolute atomic E-state index is 13.0. The van der Waals surface area contributed by atoms with Gasteiger partial charge < -0.3 is 4.90 Å². The number of hydrogen-bond donors (Lipinski definition) is 0. The van der Waals surface area contributed by atoms with E-state index in [-0.39, 0.29) is 16.2 Å². The number of likely N-dealkylation sites (tertiary alicyclic amines) is 1. The van der Waals surface area contributed by atoms with Crippen LogP contribution in [-0.4, -0.2) is 58.0 Å². The normalized spacial score (nSPS) is 22.5. The number of thiophene rings is 1. The Morgan fingerprint density at radius 2 is 1.97 bits per heavy atom. The molecule has 0 N–H and O–H groups in total. The second kappa shape index (κ2) is 9.31. The first kappa shape index (κ1) is 24.7. The zero-order chi connectivity index (χ0) is 25.8. The Balaban J connectivity index is 1.11. The Kier molecular flexibility index (Phi) is 6.22. The lowest BCUT2D eigenvalue weighted by atomic mass is 9.86. The van der Waals surface area contributed by atoms with Gasteiger partial charge in [-0.05, 0) is 56.8 Å². The molecule has 6 rings (SSSR count). The second-order valence-electron chi connectivity index (χ2n) is 11.0. The lowest BCUT2D eigenvalue weighted by Gasteiger charge is -2.25. The number of Topliss-reactive ketones (excluding diaryl/α,β-unsaturated/α-hetero) is 1. The molecule has 0 aromatic carbocycles. The number of carbonyl (C=O) groups is 1. The van der Waals surface area contributed by atoms with Crippen LogP contribution in [0, 0.1) is 18.3 Å². The molecule has 3 aromatic rings. The molecule has 0 radical (unpaired) electrons. The van der Waals surface area contributed by atoms with E-state index in [1.165, 1.54) is 0 Å². The van der Waals surface area contributed by atoms with Crippen LogP contribution in [0.5, 0.6) is 0 Å². The van der Waals surface area contributed by atoms with Crippen LogP contribution >= 0.6 is 11.3 Å². The van der Waals surface area contributed by atoms with E-state index in [1.54, 1.807) is 13.0 Å². The number of aromatic nitrogens is 3. The predicted octanol–water partition coefficient (Wildman–Crippen LogP) is 5.12. The van der Waals surface area contributed by atoms with Gasteiger partial charge in [-0.2, -0.15) is 13.2 Å². The first-order valence-electron chi connectivity index (χ1n) is 12.9. The van der Waals surface area contributed by atoms with Crippen molar-refractivity contribution in [3.8, 4) is 0 Å². The molecule has 37 heavy (non-hydrogen) atoms. The van der Waals surface area contributed by atoms with Gasteiger partial charge in [-0.15, -0.1) is 11.3 Å². The fourth-order valence-corrected chi connectivity index (χ4v) is 6.94. The fraction of sp³-hybridized carbons (Fsp3) is 0.556. The zero-order valence-electron chi connectivity index (χ0n) is 20.9. The Morgan fingerprint density at radius 1 is 1.16 bits per heavy atom. The quantitative estimate of drug-likeness (QED) is 0.423. The number of halogens is 3. The third-order valence-corrected chi connectivity index (χ3v) is 8.87. The maximum atomic E-state index is 13.0. The molecule has 10 heteroatoms. The molecule has 6 nitrogen and oxygen atoms in total. The Hall–Kier alpha value is -2.59. The van der Waals surface area contributed by atoms with Crippen LogP contribution in [0.15, 0.2) is 24.4 Å². The van der Waals surface area contributed by atoms with Gasteiger partial charge in [0.25, 0.3) is 0 Å². The van der Waals surface area contributed by atoms with Crippen molar-refractivity contribution < 1.29 is 18.0 Å². The number of nitrogens with zero attached hydrogens (tertiary/aromatic N) is 5. The van der Waals surface area contributed by atoms with Gasteiger partial charge in [0.15, 0.2) is 0 Å². The molecule has 3 aromatic heterocycles. The van der Waals surface area contributed by atoms with Crippen LogP contribution in [0.4, 0.5) is 19.0 Å². The zero-order valence-corrected chi connectivity index (χ0v) is 21.7. The lowest BCUT2D eigenvalue weighted by molar-refractivity contribution is -0.126. The highest BCUT2D eigenvalue weighted by Crippen LogP contribution is 2.43. The molecule has 1 atom stereocenters. The van der Waals surface area contributed by atoms with Crippen molar-refractivity contribution >= 4 is 33.2 Å². The van der Waals surface area contributed by atoms with E-state index >= 15 is 0 Å². The maximum Gasteiger partial charge on any atom is 0.393 e. The van der Waals surface area contributed by atoms with Crippen LogP contribution in [0.25, 0.3) is 10.2 Å². The average molecular weight is 530 g/mol. The van der Waals surface area contributed by atoms with Gasteiger partial charge in [0.1, 0.15) is 22.3 Å². The predicted molar refractivity (Wildman–Crippen MR) is 137 cm³/mol. The van der Waals surface area contributed by atoms with Crippen molar-refractivity contribution in [1.29, 1.82) is 0 Å². The summed E-state index contributed by atoms with van der Waals surface area (Å²) in [6.45, 7) is 6.29. The van der Waals surface area contributed by atoms with Gasteiger partial charge in [-0.25, -0.2) is 9.97 Å². The van der Waals surface area contributed by atoms with Gasteiger partial charge in [-0.1, -0.05) is 6.07 Å². The number of rotatable bonds is 7. The lowest BCUT2D eigenvalue weighted by Crippen LogP contribution is -2.31. The molecule has 3 fully saturated rings. The van der Waals surface area contributed by atoms with Crippen molar-refractivity contribution in [2.75, 3.05) is 31.1 Å². The molecule has 1 spiro atoms. The standard InChI is InChI=1S/C27H30F3N5OS/c1-17-32-24(22-11-21(12-27(28,29)30)37-25(22)33-17)35-9-7-26(16-35)6-8-34(15-26)14-18-2-5-20(31-13-18)10-23(36)19-3-4-19/h2,5,11,13,19H,3-4,6-10,12,14-16H2,1H3. The van der Waals surface area contributed by atoms with E-state index in [0.717, 1.165) is 92.2 Å². The van der Waals surface area contributed by atoms with E-state index in [0.29, 0.717) is 22.9 Å². The molecule has 1 unspecified atom stereocenters. The third-order valence-electron chi connectivity index (χ3n) is 7.85. The summed E-state index contributed by atoms with van der Waals surface area (Å²) in [5.41, 5.74) is 2.15. The van der Waals surface area contributed by atoms with Crippen LogP contribution < -0.4 is 4.90 Å². The largest absolute Gasteiger partial charge is 0.393 e. The molecule has 2 saturated heterocycles. The summed E-state index contributed by atoms with van der Waals surface area (Å²) >= 11 is 1.11. The summed E-state index contributed by atoms with van der Waals surface area (Å²) in [6.07, 6.45) is 1.34. The number of hydrogen-bond acceptors (Lipinski definition) is 7. The van der Waals surface area contributed by atoms with Crippen LogP contribution in [0.1, 0.15) is 47.6 Å². The molecular weight excluding hydrogens is 499 g/mol. The Bertz CT molecular complexity index is 1320. The summed E-state index contributed by atoms with van der Waals surface area (Å²) in [5, 5.41) is 0.730. The molecule has 5 heterocycles. The smallest absolute Gasteiger partial charge is 0.355 e. The second-order valence-corrected chi connectivity index (χ2v) is 12.1. The first-order valence-corrected chi connectivity index (χ1v) is 13.7. The van der Waals surface area contributed by atoms with Gasteiger partial charge in [0.05, 0.1) is 11.8 Å². The summed E-state index contributed by atoms with van der Waals surface area (Å²) in [4.78, 5) is 31.3. The van der Waals surface area contributed by atoms with Crippen LogP contribution in [-0.2, 0) is 24.2 Å². The van der Waals surface area contributed by atoms with Crippen molar-refractivity contribution in [1.82, 2.24) is 19.9 Å². The van der Waals surface area contributed by atoms with E-state index < -0.39 is 12.6 Å². The molecule has 0 amide bonds. The molecule has 0 bridgehead atoms. The monoisotopic (exact) mass is 529 g/mol. The number of pyridine rings is 1. The van der Waals surface area contributed by atoms with Crippen molar-refractivity contribution in [2.24, 2.45) is 11.3 Å². The third kappa shape index (κ3) is 5.50. The summed E-state index contributed by atoms with van der Waals surface area (Å²) in [7, 11) is 0. The molecular formula is C27H30F3N5OS. The first-order chi connectivity index (χ1) is 17.6. The number of aryl methyl sites for hydroxylation is 1. The van der Waals surface area contributed by atoms with E-state index in [4.69, 9.17) is 0 Å². The topological polar surface area (TPSA) is 62.2 Å². The van der Waals surface area contributed by atoms with Gasteiger partial charge in [0, 0.05) is 60.7 Å². The minimum absolute atomic E-state index is 0.153. The van der Waals surface area contributed by atoms with Crippen molar-refractivity contribution in [3.63, 3.8) is 0 Å². The number of fused-ring (bicyclic) bond motifs is 1. The van der Waals surface area contributed by atoms with E-state index in [2.05, 4.69) is 30.8 Å². The molecule has 1 saturated carbocycles. The average Bonchev–Trinajstić information content (AvgIpc) is 3.33. The van der Waals surface area contributed by atoms with Gasteiger partial charge in [-0.3, -0.25) is 14.7 Å². The molecule has 1 aliphatic carbocycles. The van der Waals surface area contributed by atoms with Crippen LogP contribution in [0.3, 0.4) is 0 Å². The minimum Gasteiger partial charge on any atom is -0.355 e. The fourth-order valence-electron chi connectivity index (χ4n) is 5.84. The number of anilines is 1. The van der Waals surface area contributed by atoms with Gasteiger partial charge in [0.2, 0.25) is 0 Å². The SMILES string of the molecule is Cc1nc(N2CCC3(CCN(Cc4ccc(CC(=O)C5CC5)nc4)C3)C2)c2cc(CC(F)(F)F)sc2n1. The number of ketones is 1. The minimum atomic E-state index is -4.24. The van der Waals surface area contributed by atoms with Crippen molar-refractivity contribution in [2.45, 2.75) is 58.2 Å². The summed E-state index contributed by atoms with van der Waals surface area (Å²) in [6, 6.07) is 5.70. The highest BCUT2D eigenvalue weighted by Gasteiger charge is 2.44. The number of carbonyl (C=O) groups excluding carboxylic acids is 1. The molecule has 196 valence electrons. The Labute approximate surface area is 217 Å². The van der Waals surface area contributed by atoms with Gasteiger partial charge >= 0.3 is 6.18 Å². The highest BCUT2D eigenvalue weighted by atomic mass is 32.1. The Morgan fingerprint density at radius 3 is 2.70 bits per heavy atom. The summed E-state index contributed by atoms with van der Waals surface area (Å²) in [5.74, 6) is 1.93. The number of alkyl halides is 3. The molecule has 2 aliphatic heterocycles. The van der Waals surface area contributed by atoms with Crippen molar-refractivity contribution in [3.05, 3.63) is 46.4 Å². The van der Waals surface area contributed by atoms with E-state index in [1.807, 2.05) is 12.3 Å². The summed E-state index contributed by atoms with van der Waals surface area (Å²) < 4.78 is 38.9.